The molecule has 2 aromatic rings. The number of ether oxygens (including phenoxy) is 1. The number of imide groups is 1. The fourth-order valence-corrected chi connectivity index (χ4v) is 3.84. The molecule has 0 radical (unpaired) electrons. The SMILES string of the molecule is Cc1ccc(-c2noc(COC(=O)CN3C(=O)C4CCCCC4C3=O)n2)cc1. The zero-order valence-corrected chi connectivity index (χ0v) is 15.6. The van der Waals surface area contributed by atoms with Gasteiger partial charge >= 0.3 is 5.97 Å². The highest BCUT2D eigenvalue weighted by Gasteiger charge is 2.48. The molecule has 1 saturated heterocycles. The van der Waals surface area contributed by atoms with Crippen LogP contribution in [-0.2, 0) is 25.7 Å². The monoisotopic (exact) mass is 383 g/mol. The van der Waals surface area contributed by atoms with Crippen LogP contribution in [0.25, 0.3) is 11.4 Å². The van der Waals surface area contributed by atoms with Crippen molar-refractivity contribution in [3.8, 4) is 11.4 Å². The lowest BCUT2D eigenvalue weighted by Crippen LogP contribution is -2.36. The number of benzene rings is 1. The summed E-state index contributed by atoms with van der Waals surface area (Å²) in [4.78, 5) is 42.2. The van der Waals surface area contributed by atoms with Crippen LogP contribution in [0.5, 0.6) is 0 Å². The Morgan fingerprint density at radius 1 is 1.14 bits per heavy atom. The minimum atomic E-state index is -0.671. The van der Waals surface area contributed by atoms with Crippen molar-refractivity contribution in [2.45, 2.75) is 39.2 Å². The Morgan fingerprint density at radius 2 is 1.79 bits per heavy atom. The van der Waals surface area contributed by atoms with E-state index in [9.17, 15) is 14.4 Å². The molecule has 4 rings (SSSR count). The van der Waals surface area contributed by atoms with Crippen LogP contribution in [-0.4, -0.2) is 39.4 Å². The Labute approximate surface area is 161 Å². The lowest BCUT2D eigenvalue weighted by molar-refractivity contribution is -0.154. The highest BCUT2D eigenvalue weighted by Crippen LogP contribution is 2.37. The van der Waals surface area contributed by atoms with Gasteiger partial charge in [0.1, 0.15) is 6.54 Å². The van der Waals surface area contributed by atoms with Crippen molar-refractivity contribution in [2.75, 3.05) is 6.54 Å². The number of carbonyl (C=O) groups excluding carboxylic acids is 3. The van der Waals surface area contributed by atoms with Crippen molar-refractivity contribution in [1.82, 2.24) is 15.0 Å². The third kappa shape index (κ3) is 3.54. The molecule has 8 heteroatoms. The van der Waals surface area contributed by atoms with Gasteiger partial charge in [0.05, 0.1) is 11.8 Å². The average Bonchev–Trinajstić information content (AvgIpc) is 3.27. The minimum Gasteiger partial charge on any atom is -0.454 e. The third-order valence-electron chi connectivity index (χ3n) is 5.35. The van der Waals surface area contributed by atoms with Crippen LogP contribution in [0.4, 0.5) is 0 Å². The predicted octanol–water partition coefficient (Wildman–Crippen LogP) is 2.26. The zero-order chi connectivity index (χ0) is 19.7. The van der Waals surface area contributed by atoms with E-state index in [0.29, 0.717) is 18.7 Å². The van der Waals surface area contributed by atoms with Crippen LogP contribution in [0.3, 0.4) is 0 Å². The van der Waals surface area contributed by atoms with Crippen molar-refractivity contribution < 1.29 is 23.6 Å². The molecule has 1 aromatic carbocycles. The normalized spacial score (nSPS) is 21.7. The second-order valence-corrected chi connectivity index (χ2v) is 7.30. The molecule has 8 nitrogen and oxygen atoms in total. The summed E-state index contributed by atoms with van der Waals surface area (Å²) < 4.78 is 10.2. The first-order valence-corrected chi connectivity index (χ1v) is 9.43. The van der Waals surface area contributed by atoms with E-state index in [4.69, 9.17) is 9.26 Å². The van der Waals surface area contributed by atoms with Gasteiger partial charge in [-0.15, -0.1) is 0 Å². The molecule has 2 amide bonds. The van der Waals surface area contributed by atoms with Gasteiger partial charge in [0, 0.05) is 5.56 Å². The van der Waals surface area contributed by atoms with Gasteiger partial charge in [-0.25, -0.2) is 0 Å². The van der Waals surface area contributed by atoms with Gasteiger partial charge in [-0.3, -0.25) is 19.3 Å². The molecule has 146 valence electrons. The van der Waals surface area contributed by atoms with Crippen LogP contribution in [0.15, 0.2) is 28.8 Å². The number of carbonyl (C=O) groups is 3. The molecule has 0 bridgehead atoms. The molecule has 0 spiro atoms. The van der Waals surface area contributed by atoms with Gasteiger partial charge < -0.3 is 9.26 Å². The molecule has 2 fully saturated rings. The maximum atomic E-state index is 12.4. The Hall–Kier alpha value is -3.03. The first kappa shape index (κ1) is 18.3. The molecule has 1 aliphatic carbocycles. The van der Waals surface area contributed by atoms with Crippen LogP contribution in [0, 0.1) is 18.8 Å². The lowest BCUT2D eigenvalue weighted by atomic mass is 9.81. The number of fused-ring (bicyclic) bond motifs is 1. The standard InChI is InChI=1S/C20H21N3O5/c1-12-6-8-13(9-7-12)18-21-16(28-22-18)11-27-17(24)10-23-19(25)14-4-2-3-5-15(14)20(23)26/h6-9,14-15H,2-5,10-11H2,1H3. The topological polar surface area (TPSA) is 103 Å². The summed E-state index contributed by atoms with van der Waals surface area (Å²) in [6.45, 7) is 1.40. The van der Waals surface area contributed by atoms with E-state index < -0.39 is 5.97 Å². The highest BCUT2D eigenvalue weighted by atomic mass is 16.6. The number of likely N-dealkylation sites (tertiary alicyclic amines) is 1. The molecular weight excluding hydrogens is 362 g/mol. The minimum absolute atomic E-state index is 0.150. The second-order valence-electron chi connectivity index (χ2n) is 7.30. The van der Waals surface area contributed by atoms with E-state index in [-0.39, 0.29) is 42.7 Å². The Bertz CT molecular complexity index is 881. The zero-order valence-electron chi connectivity index (χ0n) is 15.6. The number of hydrogen-bond acceptors (Lipinski definition) is 7. The fraction of sp³-hybridized carbons (Fsp3) is 0.450. The van der Waals surface area contributed by atoms with E-state index in [1.807, 2.05) is 31.2 Å². The Balaban J connectivity index is 1.33. The van der Waals surface area contributed by atoms with Crippen LogP contribution < -0.4 is 0 Å². The molecule has 1 saturated carbocycles. The highest BCUT2D eigenvalue weighted by molar-refractivity contribution is 6.07. The summed E-state index contributed by atoms with van der Waals surface area (Å²) in [5.41, 5.74) is 1.91. The largest absolute Gasteiger partial charge is 0.454 e. The molecule has 1 aromatic heterocycles. The quantitative estimate of drug-likeness (QED) is 0.576. The van der Waals surface area contributed by atoms with Gasteiger partial charge in [0.15, 0.2) is 6.61 Å². The van der Waals surface area contributed by atoms with Crippen molar-refractivity contribution >= 4 is 17.8 Å². The third-order valence-corrected chi connectivity index (χ3v) is 5.35. The van der Waals surface area contributed by atoms with Gasteiger partial charge in [-0.1, -0.05) is 47.8 Å². The van der Waals surface area contributed by atoms with Gasteiger partial charge in [0.25, 0.3) is 5.89 Å². The van der Waals surface area contributed by atoms with Crippen molar-refractivity contribution in [1.29, 1.82) is 0 Å². The second kappa shape index (κ2) is 7.53. The Kier molecular flexibility index (Phi) is 4.93. The molecule has 2 unspecified atom stereocenters. The smallest absolute Gasteiger partial charge is 0.326 e. The number of rotatable bonds is 5. The number of amides is 2. The first-order chi connectivity index (χ1) is 13.5. The van der Waals surface area contributed by atoms with Crippen molar-refractivity contribution in [3.63, 3.8) is 0 Å². The summed E-state index contributed by atoms with van der Waals surface area (Å²) in [5, 5.41) is 3.87. The summed E-state index contributed by atoms with van der Waals surface area (Å²) in [6, 6.07) is 7.63. The Morgan fingerprint density at radius 3 is 2.43 bits per heavy atom. The van der Waals surface area contributed by atoms with Crippen molar-refractivity contribution in [2.24, 2.45) is 11.8 Å². The summed E-state index contributed by atoms with van der Waals surface area (Å²) in [7, 11) is 0. The maximum Gasteiger partial charge on any atom is 0.326 e. The number of aryl methyl sites for hydroxylation is 1. The van der Waals surface area contributed by atoms with E-state index >= 15 is 0 Å². The van der Waals surface area contributed by atoms with Gasteiger partial charge in [-0.05, 0) is 19.8 Å². The summed E-state index contributed by atoms with van der Waals surface area (Å²) >= 11 is 0. The predicted molar refractivity (Wildman–Crippen MR) is 96.4 cm³/mol. The van der Waals surface area contributed by atoms with Crippen LogP contribution in [0.1, 0.15) is 37.1 Å². The molecule has 1 aliphatic heterocycles. The molecule has 2 aliphatic rings. The molecule has 2 heterocycles. The van der Waals surface area contributed by atoms with E-state index in [2.05, 4.69) is 10.1 Å². The number of aromatic nitrogens is 2. The molecule has 28 heavy (non-hydrogen) atoms. The molecule has 0 N–H and O–H groups in total. The van der Waals surface area contributed by atoms with Crippen LogP contribution in [0.2, 0.25) is 0 Å². The number of hydrogen-bond donors (Lipinski definition) is 0. The number of nitrogens with zero attached hydrogens (tertiary/aromatic N) is 3. The van der Waals surface area contributed by atoms with Gasteiger partial charge in [0.2, 0.25) is 17.6 Å². The summed E-state index contributed by atoms with van der Waals surface area (Å²) in [6.07, 6.45) is 3.31. The van der Waals surface area contributed by atoms with Gasteiger partial charge in [-0.2, -0.15) is 4.98 Å². The molecule has 2 atom stereocenters. The molecular formula is C20H21N3O5. The van der Waals surface area contributed by atoms with E-state index in [1.165, 1.54) is 0 Å². The maximum absolute atomic E-state index is 12.4. The summed E-state index contributed by atoms with van der Waals surface area (Å²) in [5.74, 6) is -1.19. The van der Waals surface area contributed by atoms with Crippen LogP contribution >= 0.6 is 0 Å². The lowest BCUT2D eigenvalue weighted by Gasteiger charge is -2.19. The number of esters is 1. The first-order valence-electron chi connectivity index (χ1n) is 9.43. The fourth-order valence-electron chi connectivity index (χ4n) is 3.84. The average molecular weight is 383 g/mol. The van der Waals surface area contributed by atoms with E-state index in [0.717, 1.165) is 28.9 Å². The van der Waals surface area contributed by atoms with Crippen molar-refractivity contribution in [3.05, 3.63) is 35.7 Å². The van der Waals surface area contributed by atoms with E-state index in [1.54, 1.807) is 0 Å².